The summed E-state index contributed by atoms with van der Waals surface area (Å²) in [5, 5.41) is 5.77. The fourth-order valence-corrected chi connectivity index (χ4v) is 2.37. The highest BCUT2D eigenvalue weighted by Gasteiger charge is 2.08. The number of rotatable bonds is 7. The lowest BCUT2D eigenvalue weighted by Gasteiger charge is -2.15. The van der Waals surface area contributed by atoms with Crippen LogP contribution in [0.1, 0.15) is 12.0 Å². The quantitative estimate of drug-likeness (QED) is 0.784. The Bertz CT molecular complexity index is 552. The van der Waals surface area contributed by atoms with Crippen molar-refractivity contribution in [3.8, 4) is 5.75 Å². The van der Waals surface area contributed by atoms with Crippen LogP contribution in [0.2, 0.25) is 0 Å². The third-order valence-corrected chi connectivity index (χ3v) is 3.36. The molecule has 0 spiro atoms. The summed E-state index contributed by atoms with van der Waals surface area (Å²) < 4.78 is 5.98. The summed E-state index contributed by atoms with van der Waals surface area (Å²) in [7, 11) is 6.14. The minimum atomic E-state index is 0.757. The largest absolute Gasteiger partial charge is 0.493 e. The number of hydrogen-bond acceptors (Lipinski definition) is 3. The first-order valence-electron chi connectivity index (χ1n) is 7.15. The van der Waals surface area contributed by atoms with Crippen molar-refractivity contribution < 1.29 is 4.74 Å². The van der Waals surface area contributed by atoms with Gasteiger partial charge in [-0.25, -0.2) is 0 Å². The van der Waals surface area contributed by atoms with Crippen molar-refractivity contribution in [2.24, 2.45) is 0 Å². The summed E-state index contributed by atoms with van der Waals surface area (Å²) in [4.78, 5) is 2.18. The minimum Gasteiger partial charge on any atom is -0.493 e. The first kappa shape index (κ1) is 14.8. The Morgan fingerprint density at radius 1 is 1.10 bits per heavy atom. The fourth-order valence-electron chi connectivity index (χ4n) is 2.37. The maximum absolute atomic E-state index is 5.98. The van der Waals surface area contributed by atoms with Crippen molar-refractivity contribution in [2.45, 2.75) is 13.0 Å². The van der Waals surface area contributed by atoms with E-state index in [0.29, 0.717) is 0 Å². The van der Waals surface area contributed by atoms with Gasteiger partial charge in [0.15, 0.2) is 0 Å². The van der Waals surface area contributed by atoms with Crippen molar-refractivity contribution in [3.63, 3.8) is 0 Å². The Kier molecular flexibility index (Phi) is 5.39. The van der Waals surface area contributed by atoms with E-state index >= 15 is 0 Å². The Balaban J connectivity index is 2.17. The van der Waals surface area contributed by atoms with Crippen LogP contribution >= 0.6 is 0 Å². The molecule has 1 N–H and O–H groups in total. The van der Waals surface area contributed by atoms with Gasteiger partial charge in [-0.15, -0.1) is 0 Å². The zero-order valence-electron chi connectivity index (χ0n) is 12.6. The van der Waals surface area contributed by atoms with E-state index in [1.807, 2.05) is 7.05 Å². The lowest BCUT2D eigenvalue weighted by molar-refractivity contribution is 0.279. The van der Waals surface area contributed by atoms with Crippen molar-refractivity contribution in [3.05, 3.63) is 42.0 Å². The van der Waals surface area contributed by atoms with Crippen molar-refractivity contribution in [1.29, 1.82) is 0 Å². The average Bonchev–Trinajstić information content (AvgIpc) is 2.45. The molecule has 0 bridgehead atoms. The van der Waals surface area contributed by atoms with Gasteiger partial charge in [-0.1, -0.05) is 30.3 Å². The monoisotopic (exact) mass is 272 g/mol. The Hall–Kier alpha value is -1.58. The minimum absolute atomic E-state index is 0.757. The topological polar surface area (TPSA) is 24.5 Å². The highest BCUT2D eigenvalue weighted by Crippen LogP contribution is 2.28. The van der Waals surface area contributed by atoms with Crippen LogP contribution in [0.5, 0.6) is 5.75 Å². The van der Waals surface area contributed by atoms with Gasteiger partial charge >= 0.3 is 0 Å². The highest BCUT2D eigenvalue weighted by molar-refractivity contribution is 5.87. The normalized spacial score (nSPS) is 11.2. The summed E-state index contributed by atoms with van der Waals surface area (Å²) in [5.74, 6) is 0.997. The molecule has 2 aromatic carbocycles. The van der Waals surface area contributed by atoms with E-state index in [2.05, 4.69) is 60.7 Å². The molecule has 0 saturated carbocycles. The average molecular weight is 272 g/mol. The molecule has 0 aromatic heterocycles. The zero-order valence-corrected chi connectivity index (χ0v) is 12.6. The Labute approximate surface area is 121 Å². The van der Waals surface area contributed by atoms with Gasteiger partial charge in [0.1, 0.15) is 5.75 Å². The van der Waals surface area contributed by atoms with Gasteiger partial charge in [-0.05, 0) is 44.4 Å². The lowest BCUT2D eigenvalue weighted by atomic mass is 10.0. The molecule has 0 fully saturated rings. The predicted molar refractivity (Wildman–Crippen MR) is 85.4 cm³/mol. The van der Waals surface area contributed by atoms with Crippen LogP contribution in [0.25, 0.3) is 10.8 Å². The van der Waals surface area contributed by atoms with Crippen LogP contribution in [-0.4, -0.2) is 39.2 Å². The molecule has 0 atom stereocenters. The molecule has 3 heteroatoms. The second kappa shape index (κ2) is 7.27. The Morgan fingerprint density at radius 2 is 1.90 bits per heavy atom. The van der Waals surface area contributed by atoms with E-state index < -0.39 is 0 Å². The van der Waals surface area contributed by atoms with Gasteiger partial charge in [-0.2, -0.15) is 0 Å². The SMILES string of the molecule is CNCc1c(OCCCN(C)C)ccc2ccccc12. The molecule has 20 heavy (non-hydrogen) atoms. The van der Waals surface area contributed by atoms with E-state index in [0.717, 1.165) is 31.9 Å². The maximum Gasteiger partial charge on any atom is 0.124 e. The molecule has 108 valence electrons. The van der Waals surface area contributed by atoms with E-state index in [1.54, 1.807) is 0 Å². The van der Waals surface area contributed by atoms with Crippen LogP contribution in [0.3, 0.4) is 0 Å². The van der Waals surface area contributed by atoms with E-state index in [1.165, 1.54) is 16.3 Å². The second-order valence-corrected chi connectivity index (χ2v) is 5.30. The Morgan fingerprint density at radius 3 is 2.65 bits per heavy atom. The predicted octanol–water partition coefficient (Wildman–Crippen LogP) is 2.89. The van der Waals surface area contributed by atoms with E-state index in [9.17, 15) is 0 Å². The first-order chi connectivity index (χ1) is 9.72. The van der Waals surface area contributed by atoms with Crippen LogP contribution in [0.4, 0.5) is 0 Å². The van der Waals surface area contributed by atoms with Gasteiger partial charge in [0, 0.05) is 18.7 Å². The smallest absolute Gasteiger partial charge is 0.124 e. The first-order valence-corrected chi connectivity index (χ1v) is 7.15. The molecule has 0 aliphatic carbocycles. The van der Waals surface area contributed by atoms with Crippen molar-refractivity contribution in [2.75, 3.05) is 34.3 Å². The molecular weight excluding hydrogens is 248 g/mol. The number of benzene rings is 2. The van der Waals surface area contributed by atoms with Crippen LogP contribution < -0.4 is 10.1 Å². The fraction of sp³-hybridized carbons (Fsp3) is 0.412. The van der Waals surface area contributed by atoms with Crippen molar-refractivity contribution >= 4 is 10.8 Å². The number of fused-ring (bicyclic) bond motifs is 1. The molecule has 2 aromatic rings. The van der Waals surface area contributed by atoms with E-state index in [-0.39, 0.29) is 0 Å². The van der Waals surface area contributed by atoms with E-state index in [4.69, 9.17) is 4.74 Å². The summed E-state index contributed by atoms with van der Waals surface area (Å²) in [6, 6.07) is 12.7. The number of nitrogens with zero attached hydrogens (tertiary/aromatic N) is 1. The third kappa shape index (κ3) is 3.71. The summed E-state index contributed by atoms with van der Waals surface area (Å²) >= 11 is 0. The number of ether oxygens (including phenoxy) is 1. The number of nitrogens with one attached hydrogen (secondary N) is 1. The van der Waals surface area contributed by atoms with Crippen LogP contribution in [0, 0.1) is 0 Å². The summed E-state index contributed by atoms with van der Waals surface area (Å²) in [6.45, 7) is 2.63. The zero-order chi connectivity index (χ0) is 14.4. The second-order valence-electron chi connectivity index (χ2n) is 5.30. The van der Waals surface area contributed by atoms with Crippen LogP contribution in [-0.2, 0) is 6.54 Å². The summed E-state index contributed by atoms with van der Waals surface area (Å²) in [5.41, 5.74) is 1.25. The summed E-state index contributed by atoms with van der Waals surface area (Å²) in [6.07, 6.45) is 1.04. The number of hydrogen-bond donors (Lipinski definition) is 1. The lowest BCUT2D eigenvalue weighted by Crippen LogP contribution is -2.16. The van der Waals surface area contributed by atoms with Gasteiger partial charge in [-0.3, -0.25) is 0 Å². The van der Waals surface area contributed by atoms with Gasteiger partial charge in [0.05, 0.1) is 6.61 Å². The van der Waals surface area contributed by atoms with Gasteiger partial charge in [0.25, 0.3) is 0 Å². The molecule has 0 unspecified atom stereocenters. The van der Waals surface area contributed by atoms with Crippen molar-refractivity contribution in [1.82, 2.24) is 10.2 Å². The molecule has 0 saturated heterocycles. The molecule has 2 rings (SSSR count). The molecule has 0 amide bonds. The van der Waals surface area contributed by atoms with Crippen LogP contribution in [0.15, 0.2) is 36.4 Å². The molecule has 0 aliphatic heterocycles. The molecule has 0 aliphatic rings. The third-order valence-electron chi connectivity index (χ3n) is 3.36. The standard InChI is InChI=1S/C17H24N2O/c1-18-13-16-15-8-5-4-7-14(15)9-10-17(16)20-12-6-11-19(2)3/h4-5,7-10,18H,6,11-13H2,1-3H3. The molecule has 0 heterocycles. The molecular formula is C17H24N2O. The molecule has 3 nitrogen and oxygen atoms in total. The molecule has 0 radical (unpaired) electrons. The highest BCUT2D eigenvalue weighted by atomic mass is 16.5. The van der Waals surface area contributed by atoms with Gasteiger partial charge in [0.2, 0.25) is 0 Å². The maximum atomic E-state index is 5.98. The van der Waals surface area contributed by atoms with Gasteiger partial charge < -0.3 is 15.0 Å².